The van der Waals surface area contributed by atoms with Gasteiger partial charge < -0.3 is 5.32 Å². The van der Waals surface area contributed by atoms with E-state index in [2.05, 4.69) is 15.3 Å². The normalized spacial score (nSPS) is 10.3. The van der Waals surface area contributed by atoms with Crippen LogP contribution < -0.4 is 5.32 Å². The zero-order valence-electron chi connectivity index (χ0n) is 11.8. The first-order valence-corrected chi connectivity index (χ1v) is 6.77. The maximum Gasteiger partial charge on any atom is 0.255 e. The number of carbonyl (C=O) groups is 1. The lowest BCUT2D eigenvalue weighted by atomic mass is 10.2. The minimum absolute atomic E-state index is 0.116. The third-order valence-corrected chi connectivity index (χ3v) is 3.07. The Bertz CT molecular complexity index is 816. The predicted octanol–water partition coefficient (Wildman–Crippen LogP) is 3.67. The third kappa shape index (κ3) is 3.55. The average molecular weight is 311 g/mol. The van der Waals surface area contributed by atoms with E-state index in [9.17, 15) is 13.6 Å². The molecule has 1 amide bonds. The van der Waals surface area contributed by atoms with Gasteiger partial charge in [-0.15, -0.1) is 0 Å². The molecule has 23 heavy (non-hydrogen) atoms. The number of nitrogens with zero attached hydrogens (tertiary/aromatic N) is 2. The van der Waals surface area contributed by atoms with E-state index < -0.39 is 17.5 Å². The fraction of sp³-hybridized carbons (Fsp3) is 0. The highest BCUT2D eigenvalue weighted by atomic mass is 19.1. The second kappa shape index (κ2) is 6.31. The zero-order valence-corrected chi connectivity index (χ0v) is 11.8. The molecule has 3 aromatic rings. The molecule has 0 fully saturated rings. The van der Waals surface area contributed by atoms with Gasteiger partial charge in [0.1, 0.15) is 11.6 Å². The topological polar surface area (TPSA) is 54.9 Å². The first kappa shape index (κ1) is 14.8. The van der Waals surface area contributed by atoms with Gasteiger partial charge in [-0.1, -0.05) is 30.3 Å². The number of nitrogens with one attached hydrogen (secondary N) is 1. The minimum atomic E-state index is -0.814. The summed E-state index contributed by atoms with van der Waals surface area (Å²) in [5.74, 6) is -1.75. The van der Waals surface area contributed by atoms with Crippen LogP contribution in [0.5, 0.6) is 0 Å². The van der Waals surface area contributed by atoms with Crippen molar-refractivity contribution in [2.24, 2.45) is 0 Å². The standard InChI is InChI=1S/C17H11F2N3O/c18-13-6-12(7-14(19)8-13)17(23)22-15-9-20-16(21-10-15)11-4-2-1-3-5-11/h1-10H,(H,22,23). The van der Waals surface area contributed by atoms with Gasteiger partial charge in [0.2, 0.25) is 0 Å². The lowest BCUT2D eigenvalue weighted by Crippen LogP contribution is -2.13. The second-order valence-corrected chi connectivity index (χ2v) is 4.77. The van der Waals surface area contributed by atoms with Crippen LogP contribution in [-0.4, -0.2) is 15.9 Å². The van der Waals surface area contributed by atoms with Gasteiger partial charge in [-0.3, -0.25) is 4.79 Å². The van der Waals surface area contributed by atoms with E-state index in [0.29, 0.717) is 17.6 Å². The number of aromatic nitrogens is 2. The summed E-state index contributed by atoms with van der Waals surface area (Å²) in [7, 11) is 0. The monoisotopic (exact) mass is 311 g/mol. The molecule has 0 aliphatic rings. The lowest BCUT2D eigenvalue weighted by Gasteiger charge is -2.06. The van der Waals surface area contributed by atoms with Crippen LogP contribution in [-0.2, 0) is 0 Å². The van der Waals surface area contributed by atoms with E-state index >= 15 is 0 Å². The largest absolute Gasteiger partial charge is 0.319 e. The molecular formula is C17H11F2N3O. The fourth-order valence-corrected chi connectivity index (χ4v) is 2.02. The molecule has 1 aromatic heterocycles. The Labute approximate surface area is 130 Å². The number of carbonyl (C=O) groups excluding carboxylic acids is 1. The van der Waals surface area contributed by atoms with Crippen molar-refractivity contribution in [2.75, 3.05) is 5.32 Å². The molecule has 1 heterocycles. The number of rotatable bonds is 3. The van der Waals surface area contributed by atoms with Crippen molar-refractivity contribution in [3.8, 4) is 11.4 Å². The molecule has 0 saturated carbocycles. The second-order valence-electron chi connectivity index (χ2n) is 4.77. The van der Waals surface area contributed by atoms with E-state index in [0.717, 1.165) is 17.7 Å². The molecule has 3 rings (SSSR count). The van der Waals surface area contributed by atoms with Gasteiger partial charge in [-0.05, 0) is 12.1 Å². The SMILES string of the molecule is O=C(Nc1cnc(-c2ccccc2)nc1)c1cc(F)cc(F)c1. The first-order valence-electron chi connectivity index (χ1n) is 6.77. The fourth-order valence-electron chi connectivity index (χ4n) is 2.02. The van der Waals surface area contributed by atoms with Crippen molar-refractivity contribution < 1.29 is 13.6 Å². The molecular weight excluding hydrogens is 300 g/mol. The lowest BCUT2D eigenvalue weighted by molar-refractivity contribution is 0.102. The van der Waals surface area contributed by atoms with Gasteiger partial charge in [-0.25, -0.2) is 18.7 Å². The van der Waals surface area contributed by atoms with Crippen LogP contribution in [0.15, 0.2) is 60.9 Å². The van der Waals surface area contributed by atoms with Gasteiger partial charge in [0, 0.05) is 17.2 Å². The van der Waals surface area contributed by atoms with Crippen LogP contribution in [0.25, 0.3) is 11.4 Å². The molecule has 0 unspecified atom stereocenters. The summed E-state index contributed by atoms with van der Waals surface area (Å²) in [6.45, 7) is 0. The molecule has 6 heteroatoms. The van der Waals surface area contributed by atoms with Crippen molar-refractivity contribution in [1.29, 1.82) is 0 Å². The van der Waals surface area contributed by atoms with Crippen LogP contribution in [0.3, 0.4) is 0 Å². The Kier molecular flexibility index (Phi) is 4.05. The van der Waals surface area contributed by atoms with Gasteiger partial charge in [0.15, 0.2) is 5.82 Å². The molecule has 0 aliphatic heterocycles. The molecule has 0 aliphatic carbocycles. The summed E-state index contributed by atoms with van der Waals surface area (Å²) >= 11 is 0. The number of anilines is 1. The quantitative estimate of drug-likeness (QED) is 0.803. The maximum absolute atomic E-state index is 13.1. The molecule has 2 aromatic carbocycles. The van der Waals surface area contributed by atoms with Crippen LogP contribution in [0, 0.1) is 11.6 Å². The number of benzene rings is 2. The number of halogens is 2. The molecule has 0 radical (unpaired) electrons. The Balaban J connectivity index is 1.77. The summed E-state index contributed by atoms with van der Waals surface area (Å²) in [5, 5.41) is 2.49. The Morgan fingerprint density at radius 3 is 2.13 bits per heavy atom. The summed E-state index contributed by atoms with van der Waals surface area (Å²) < 4.78 is 26.2. The zero-order chi connectivity index (χ0) is 16.2. The molecule has 1 N–H and O–H groups in total. The van der Waals surface area contributed by atoms with Crippen LogP contribution >= 0.6 is 0 Å². The highest BCUT2D eigenvalue weighted by molar-refractivity contribution is 6.04. The van der Waals surface area contributed by atoms with Gasteiger partial charge in [-0.2, -0.15) is 0 Å². The van der Waals surface area contributed by atoms with Gasteiger partial charge in [0.25, 0.3) is 5.91 Å². The molecule has 0 spiro atoms. The van der Waals surface area contributed by atoms with Crippen LogP contribution in [0.1, 0.15) is 10.4 Å². The van der Waals surface area contributed by atoms with Gasteiger partial charge in [0.05, 0.1) is 18.1 Å². The number of hydrogen-bond donors (Lipinski definition) is 1. The van der Waals surface area contributed by atoms with E-state index in [1.807, 2.05) is 30.3 Å². The molecule has 4 nitrogen and oxygen atoms in total. The highest BCUT2D eigenvalue weighted by Crippen LogP contribution is 2.16. The predicted molar refractivity (Wildman–Crippen MR) is 81.8 cm³/mol. The van der Waals surface area contributed by atoms with Gasteiger partial charge >= 0.3 is 0 Å². The first-order chi connectivity index (χ1) is 11.1. The summed E-state index contributed by atoms with van der Waals surface area (Å²) in [5.41, 5.74) is 1.06. The summed E-state index contributed by atoms with van der Waals surface area (Å²) in [4.78, 5) is 20.3. The summed E-state index contributed by atoms with van der Waals surface area (Å²) in [6, 6.07) is 12.0. The third-order valence-electron chi connectivity index (χ3n) is 3.07. The Hall–Kier alpha value is -3.15. The van der Waals surface area contributed by atoms with Crippen molar-refractivity contribution in [2.45, 2.75) is 0 Å². The van der Waals surface area contributed by atoms with Crippen molar-refractivity contribution in [1.82, 2.24) is 9.97 Å². The summed E-state index contributed by atoms with van der Waals surface area (Å²) in [6.07, 6.45) is 2.87. The van der Waals surface area contributed by atoms with Crippen molar-refractivity contribution >= 4 is 11.6 Å². The van der Waals surface area contributed by atoms with Crippen LogP contribution in [0.4, 0.5) is 14.5 Å². The number of amides is 1. The molecule has 0 saturated heterocycles. The van der Waals surface area contributed by atoms with E-state index in [1.54, 1.807) is 0 Å². The molecule has 114 valence electrons. The van der Waals surface area contributed by atoms with Crippen LogP contribution in [0.2, 0.25) is 0 Å². The highest BCUT2D eigenvalue weighted by Gasteiger charge is 2.10. The van der Waals surface area contributed by atoms with Crippen molar-refractivity contribution in [3.63, 3.8) is 0 Å². The van der Waals surface area contributed by atoms with E-state index in [1.165, 1.54) is 12.4 Å². The molecule has 0 bridgehead atoms. The van der Waals surface area contributed by atoms with Crippen molar-refractivity contribution in [3.05, 3.63) is 78.1 Å². The smallest absolute Gasteiger partial charge is 0.255 e. The maximum atomic E-state index is 13.1. The molecule has 0 atom stereocenters. The average Bonchev–Trinajstić information content (AvgIpc) is 2.55. The minimum Gasteiger partial charge on any atom is -0.319 e. The van der Waals surface area contributed by atoms with E-state index in [4.69, 9.17) is 0 Å². The Morgan fingerprint density at radius 1 is 0.913 bits per heavy atom. The number of hydrogen-bond acceptors (Lipinski definition) is 3. The van der Waals surface area contributed by atoms with E-state index in [-0.39, 0.29) is 5.56 Å². The Morgan fingerprint density at radius 2 is 1.52 bits per heavy atom.